The molecule has 0 radical (unpaired) electrons. The van der Waals surface area contributed by atoms with Crippen LogP contribution in [-0.2, 0) is 0 Å². The van der Waals surface area contributed by atoms with Gasteiger partial charge in [-0.3, -0.25) is 0 Å². The minimum Gasteiger partial charge on any atom is -0.552 e. The Bertz CT molecular complexity index is 533. The average molecular weight is 221 g/mol. The first-order chi connectivity index (χ1) is 7.16. The summed E-state index contributed by atoms with van der Waals surface area (Å²) in [6.45, 7) is 1.75. The van der Waals surface area contributed by atoms with Crippen molar-refractivity contribution in [2.45, 2.75) is 6.92 Å². The second kappa shape index (κ2) is 3.43. The third-order valence-corrected chi connectivity index (χ3v) is 2.86. The molecule has 0 unspecified atom stereocenters. The second-order valence-electron chi connectivity index (χ2n) is 3.25. The lowest BCUT2D eigenvalue weighted by Gasteiger charge is -2.01. The Hall–Kier alpha value is -1.75. The van der Waals surface area contributed by atoms with E-state index < -0.39 is 6.09 Å². The van der Waals surface area contributed by atoms with Crippen molar-refractivity contribution in [1.29, 1.82) is 0 Å². The fourth-order valence-electron chi connectivity index (χ4n) is 1.84. The Morgan fingerprint density at radius 3 is 2.73 bits per heavy atom. The van der Waals surface area contributed by atoms with Crippen molar-refractivity contribution in [3.8, 4) is 5.75 Å². The lowest BCUT2D eigenvalue weighted by atomic mass is 10.2. The Morgan fingerprint density at radius 1 is 1.47 bits per heavy atom. The van der Waals surface area contributed by atoms with Gasteiger partial charge in [-0.05, 0) is 19.1 Å². The molecule has 0 saturated heterocycles. The summed E-state index contributed by atoms with van der Waals surface area (Å²) in [7, 11) is 0.548. The molecule has 0 saturated carbocycles. The molecule has 0 aliphatic carbocycles. The highest BCUT2D eigenvalue weighted by Crippen LogP contribution is 2.31. The Kier molecular flexibility index (Phi) is 2.24. The minimum absolute atomic E-state index is 0.548. The molecule has 15 heavy (non-hydrogen) atoms. The molecule has 1 aromatic heterocycles. The van der Waals surface area contributed by atoms with Gasteiger partial charge >= 0.3 is 6.09 Å². The van der Waals surface area contributed by atoms with E-state index in [1.807, 2.05) is 18.2 Å². The maximum absolute atomic E-state index is 11.1. The van der Waals surface area contributed by atoms with E-state index in [1.54, 1.807) is 13.0 Å². The van der Waals surface area contributed by atoms with E-state index in [4.69, 9.17) is 9.53 Å². The fourth-order valence-corrected chi connectivity index (χ4v) is 2.36. The van der Waals surface area contributed by atoms with Gasteiger partial charge in [-0.15, -0.1) is 0 Å². The molecule has 0 aliphatic heterocycles. The predicted molar refractivity (Wildman–Crippen MR) is 60.7 cm³/mol. The van der Waals surface area contributed by atoms with E-state index in [-0.39, 0.29) is 0 Å². The standard InChI is InChI=1S/C10H11NO3Si/c1-6-9(14-15)7-4-2-3-5-8(7)11(6)10(12)13/h2-5H,1,15H3,(H,12,13). The maximum atomic E-state index is 11.1. The fraction of sp³-hybridized carbons (Fsp3) is 0.100. The van der Waals surface area contributed by atoms with Crippen molar-refractivity contribution < 1.29 is 14.3 Å². The van der Waals surface area contributed by atoms with Crippen LogP contribution in [0.3, 0.4) is 0 Å². The minimum atomic E-state index is -0.978. The predicted octanol–water partition coefficient (Wildman–Crippen LogP) is 1.14. The molecular weight excluding hydrogens is 210 g/mol. The number of carbonyl (C=O) groups is 1. The topological polar surface area (TPSA) is 51.5 Å². The van der Waals surface area contributed by atoms with Gasteiger partial charge in [0.1, 0.15) is 5.75 Å². The Morgan fingerprint density at radius 2 is 2.13 bits per heavy atom. The van der Waals surface area contributed by atoms with Crippen LogP contribution >= 0.6 is 0 Å². The highest BCUT2D eigenvalue weighted by atomic mass is 28.2. The van der Waals surface area contributed by atoms with Gasteiger partial charge in [-0.1, -0.05) is 12.1 Å². The summed E-state index contributed by atoms with van der Waals surface area (Å²) in [5, 5.41) is 9.95. The van der Waals surface area contributed by atoms with Gasteiger partial charge in [0.2, 0.25) is 10.5 Å². The Balaban J connectivity index is 2.91. The van der Waals surface area contributed by atoms with E-state index in [1.165, 1.54) is 4.57 Å². The molecular formula is C10H11NO3Si. The maximum Gasteiger partial charge on any atom is 0.416 e. The van der Waals surface area contributed by atoms with Crippen LogP contribution in [0.25, 0.3) is 10.9 Å². The number of aromatic nitrogens is 1. The van der Waals surface area contributed by atoms with Crippen molar-refractivity contribution in [3.05, 3.63) is 30.0 Å². The van der Waals surface area contributed by atoms with Gasteiger partial charge in [-0.2, -0.15) is 0 Å². The van der Waals surface area contributed by atoms with Crippen molar-refractivity contribution >= 4 is 27.5 Å². The third kappa shape index (κ3) is 1.32. The third-order valence-electron chi connectivity index (χ3n) is 2.45. The average Bonchev–Trinajstić information content (AvgIpc) is 2.49. The zero-order valence-corrected chi connectivity index (χ0v) is 10.5. The van der Waals surface area contributed by atoms with Gasteiger partial charge in [0.25, 0.3) is 0 Å². The molecule has 1 aromatic carbocycles. The van der Waals surface area contributed by atoms with Crippen molar-refractivity contribution in [2.24, 2.45) is 0 Å². The van der Waals surface area contributed by atoms with Crippen LogP contribution in [0.1, 0.15) is 5.69 Å². The van der Waals surface area contributed by atoms with Crippen LogP contribution in [-0.4, -0.2) is 26.3 Å². The summed E-state index contributed by atoms with van der Waals surface area (Å²) in [6.07, 6.45) is -0.978. The van der Waals surface area contributed by atoms with Crippen LogP contribution < -0.4 is 4.43 Å². The summed E-state index contributed by atoms with van der Waals surface area (Å²) in [6, 6.07) is 7.34. The SMILES string of the molecule is Cc1c(O[SiH3])c2ccccc2n1C(=O)O. The first-order valence-electron chi connectivity index (χ1n) is 4.54. The molecule has 1 N–H and O–H groups in total. The summed E-state index contributed by atoms with van der Waals surface area (Å²) < 4.78 is 6.60. The molecule has 0 aliphatic rings. The molecule has 0 atom stereocenters. The molecule has 5 heteroatoms. The van der Waals surface area contributed by atoms with Crippen LogP contribution in [0.5, 0.6) is 5.75 Å². The first kappa shape index (κ1) is 9.79. The Labute approximate surface area is 89.6 Å². The van der Waals surface area contributed by atoms with Gasteiger partial charge in [0.05, 0.1) is 11.2 Å². The normalized spacial score (nSPS) is 10.7. The van der Waals surface area contributed by atoms with E-state index in [0.29, 0.717) is 27.4 Å². The summed E-state index contributed by atoms with van der Waals surface area (Å²) >= 11 is 0. The van der Waals surface area contributed by atoms with Crippen LogP contribution in [0.2, 0.25) is 0 Å². The van der Waals surface area contributed by atoms with Crippen LogP contribution in [0.4, 0.5) is 4.79 Å². The molecule has 0 spiro atoms. The number of benzene rings is 1. The molecule has 0 fully saturated rings. The molecule has 78 valence electrons. The summed E-state index contributed by atoms with van der Waals surface area (Å²) in [4.78, 5) is 11.1. The first-order valence-corrected chi connectivity index (χ1v) is 5.35. The highest BCUT2D eigenvalue weighted by Gasteiger charge is 2.17. The van der Waals surface area contributed by atoms with Crippen molar-refractivity contribution in [2.75, 3.05) is 0 Å². The van der Waals surface area contributed by atoms with Gasteiger partial charge in [-0.25, -0.2) is 9.36 Å². The van der Waals surface area contributed by atoms with Crippen LogP contribution in [0.15, 0.2) is 24.3 Å². The molecule has 0 amide bonds. The number of hydrogen-bond acceptors (Lipinski definition) is 2. The zero-order valence-electron chi connectivity index (χ0n) is 8.52. The van der Waals surface area contributed by atoms with Crippen molar-refractivity contribution in [3.63, 3.8) is 0 Å². The van der Waals surface area contributed by atoms with E-state index >= 15 is 0 Å². The summed E-state index contributed by atoms with van der Waals surface area (Å²) in [5.41, 5.74) is 1.31. The van der Waals surface area contributed by atoms with Gasteiger partial charge in [0, 0.05) is 5.39 Å². The second-order valence-corrected chi connectivity index (χ2v) is 3.66. The molecule has 2 aromatic rings. The lowest BCUT2D eigenvalue weighted by Crippen LogP contribution is -2.09. The van der Waals surface area contributed by atoms with Gasteiger partial charge < -0.3 is 9.53 Å². The largest absolute Gasteiger partial charge is 0.552 e. The molecule has 1 heterocycles. The zero-order chi connectivity index (χ0) is 11.0. The van der Waals surface area contributed by atoms with E-state index in [9.17, 15) is 4.79 Å². The smallest absolute Gasteiger partial charge is 0.416 e. The van der Waals surface area contributed by atoms with E-state index in [0.717, 1.165) is 5.39 Å². The van der Waals surface area contributed by atoms with Crippen molar-refractivity contribution in [1.82, 2.24) is 4.57 Å². The number of para-hydroxylation sites is 1. The highest BCUT2D eigenvalue weighted by molar-refractivity contribution is 6.04. The lowest BCUT2D eigenvalue weighted by molar-refractivity contribution is 0.197. The molecule has 2 rings (SSSR count). The van der Waals surface area contributed by atoms with Gasteiger partial charge in [0.15, 0.2) is 0 Å². The number of rotatable bonds is 1. The van der Waals surface area contributed by atoms with Crippen LogP contribution in [0, 0.1) is 6.92 Å². The molecule has 0 bridgehead atoms. The quantitative estimate of drug-likeness (QED) is 0.735. The van der Waals surface area contributed by atoms with E-state index in [2.05, 4.69) is 0 Å². The number of hydrogen-bond donors (Lipinski definition) is 1. The number of carboxylic acid groups (broad SMARTS) is 1. The number of nitrogens with zero attached hydrogens (tertiary/aromatic N) is 1. The summed E-state index contributed by atoms with van der Waals surface area (Å²) in [5.74, 6) is 0.680. The monoisotopic (exact) mass is 221 g/mol. The number of fused-ring (bicyclic) bond motifs is 1. The molecule has 4 nitrogen and oxygen atoms in total.